The zero-order valence-electron chi connectivity index (χ0n) is 10.7. The van der Waals surface area contributed by atoms with Gasteiger partial charge in [0, 0.05) is 31.8 Å². The van der Waals surface area contributed by atoms with Crippen LogP contribution in [-0.2, 0) is 11.3 Å². The maximum absolute atomic E-state index is 10.5. The first-order valence-corrected chi connectivity index (χ1v) is 6.26. The van der Waals surface area contributed by atoms with Crippen LogP contribution in [0.5, 0.6) is 0 Å². The molecular weight excluding hydrogens is 232 g/mol. The Kier molecular flexibility index (Phi) is 6.98. The van der Waals surface area contributed by atoms with Crippen molar-refractivity contribution in [1.82, 2.24) is 5.32 Å². The molecule has 0 atom stereocenters. The number of rotatable bonds is 9. The Bertz CT molecular complexity index is 352. The summed E-state index contributed by atoms with van der Waals surface area (Å²) in [5.41, 5.74) is 1.16. The van der Waals surface area contributed by atoms with Gasteiger partial charge in [0.25, 0.3) is 5.69 Å². The lowest BCUT2D eigenvalue weighted by atomic mass is 10.2. The summed E-state index contributed by atoms with van der Waals surface area (Å²) in [6.45, 7) is 5.15. The molecule has 1 aromatic carbocycles. The molecule has 0 unspecified atom stereocenters. The number of nitro benzene ring substituents is 1. The first kappa shape index (κ1) is 14.6. The molecule has 5 nitrogen and oxygen atoms in total. The SMILES string of the molecule is CCCCOCCNCc1ccc([N+](=O)[O-])cc1. The molecule has 0 saturated heterocycles. The molecule has 0 radical (unpaired) electrons. The third kappa shape index (κ3) is 5.75. The minimum atomic E-state index is -0.390. The molecule has 0 aliphatic carbocycles. The van der Waals surface area contributed by atoms with Crippen molar-refractivity contribution in [2.75, 3.05) is 19.8 Å². The Morgan fingerprint density at radius 1 is 1.28 bits per heavy atom. The van der Waals surface area contributed by atoms with Crippen LogP contribution in [0.4, 0.5) is 5.69 Å². The van der Waals surface area contributed by atoms with Gasteiger partial charge in [-0.15, -0.1) is 0 Å². The highest BCUT2D eigenvalue weighted by molar-refractivity contribution is 5.32. The number of non-ortho nitro benzene ring substituents is 1. The van der Waals surface area contributed by atoms with Crippen LogP contribution >= 0.6 is 0 Å². The molecule has 1 N–H and O–H groups in total. The maximum Gasteiger partial charge on any atom is 0.269 e. The molecule has 0 aliphatic rings. The Labute approximate surface area is 107 Å². The summed E-state index contributed by atoms with van der Waals surface area (Å²) in [6, 6.07) is 6.58. The summed E-state index contributed by atoms with van der Waals surface area (Å²) in [4.78, 5) is 10.1. The van der Waals surface area contributed by atoms with Gasteiger partial charge in [0.1, 0.15) is 0 Å². The summed E-state index contributed by atoms with van der Waals surface area (Å²) in [7, 11) is 0. The van der Waals surface area contributed by atoms with Crippen LogP contribution in [0.1, 0.15) is 25.3 Å². The van der Waals surface area contributed by atoms with Crippen LogP contribution in [0.25, 0.3) is 0 Å². The van der Waals surface area contributed by atoms with Crippen molar-refractivity contribution in [3.63, 3.8) is 0 Å². The molecule has 0 aromatic heterocycles. The molecule has 18 heavy (non-hydrogen) atoms. The highest BCUT2D eigenvalue weighted by atomic mass is 16.6. The predicted molar refractivity (Wildman–Crippen MR) is 70.5 cm³/mol. The quantitative estimate of drug-likeness (QED) is 0.416. The minimum absolute atomic E-state index is 0.127. The van der Waals surface area contributed by atoms with E-state index in [4.69, 9.17) is 4.74 Å². The summed E-state index contributed by atoms with van der Waals surface area (Å²) in [5.74, 6) is 0. The fraction of sp³-hybridized carbons (Fsp3) is 0.538. The zero-order valence-corrected chi connectivity index (χ0v) is 10.7. The summed E-state index contributed by atoms with van der Waals surface area (Å²) >= 11 is 0. The molecule has 0 spiro atoms. The summed E-state index contributed by atoms with van der Waals surface area (Å²) < 4.78 is 5.41. The second kappa shape index (κ2) is 8.60. The summed E-state index contributed by atoms with van der Waals surface area (Å²) in [5, 5.41) is 13.7. The lowest BCUT2D eigenvalue weighted by molar-refractivity contribution is -0.384. The Balaban J connectivity index is 2.14. The van der Waals surface area contributed by atoms with Gasteiger partial charge in [-0.1, -0.05) is 25.5 Å². The Hall–Kier alpha value is -1.46. The average molecular weight is 252 g/mol. The Morgan fingerprint density at radius 3 is 2.61 bits per heavy atom. The van der Waals surface area contributed by atoms with Gasteiger partial charge in [0.05, 0.1) is 11.5 Å². The first-order valence-electron chi connectivity index (χ1n) is 6.26. The van der Waals surface area contributed by atoms with E-state index in [1.165, 1.54) is 12.1 Å². The molecule has 0 bridgehead atoms. The van der Waals surface area contributed by atoms with Gasteiger partial charge in [-0.3, -0.25) is 10.1 Å². The number of hydrogen-bond acceptors (Lipinski definition) is 4. The van der Waals surface area contributed by atoms with Gasteiger partial charge in [0.15, 0.2) is 0 Å². The van der Waals surface area contributed by atoms with E-state index in [2.05, 4.69) is 12.2 Å². The average Bonchev–Trinajstić information content (AvgIpc) is 2.38. The van der Waals surface area contributed by atoms with Crippen molar-refractivity contribution >= 4 is 5.69 Å². The van der Waals surface area contributed by atoms with E-state index < -0.39 is 4.92 Å². The predicted octanol–water partition coefficient (Wildman–Crippen LogP) is 2.50. The van der Waals surface area contributed by atoms with E-state index in [-0.39, 0.29) is 5.69 Å². The summed E-state index contributed by atoms with van der Waals surface area (Å²) in [6.07, 6.45) is 2.25. The van der Waals surface area contributed by atoms with E-state index in [9.17, 15) is 10.1 Å². The lowest BCUT2D eigenvalue weighted by Crippen LogP contribution is -2.19. The van der Waals surface area contributed by atoms with E-state index in [0.29, 0.717) is 13.2 Å². The fourth-order valence-corrected chi connectivity index (χ4v) is 1.46. The highest BCUT2D eigenvalue weighted by Crippen LogP contribution is 2.11. The standard InChI is InChI=1S/C13H20N2O3/c1-2-3-9-18-10-8-14-11-12-4-6-13(7-5-12)15(16)17/h4-7,14H,2-3,8-11H2,1H3. The van der Waals surface area contributed by atoms with Crippen molar-refractivity contribution in [2.24, 2.45) is 0 Å². The lowest BCUT2D eigenvalue weighted by Gasteiger charge is -2.05. The molecule has 100 valence electrons. The largest absolute Gasteiger partial charge is 0.380 e. The first-order chi connectivity index (χ1) is 8.74. The van der Waals surface area contributed by atoms with Crippen molar-refractivity contribution in [3.8, 4) is 0 Å². The molecule has 0 aliphatic heterocycles. The van der Waals surface area contributed by atoms with Gasteiger partial charge >= 0.3 is 0 Å². The third-order valence-electron chi connectivity index (χ3n) is 2.54. The van der Waals surface area contributed by atoms with Crippen molar-refractivity contribution in [3.05, 3.63) is 39.9 Å². The second-order valence-corrected chi connectivity index (χ2v) is 4.07. The number of nitrogens with zero attached hydrogens (tertiary/aromatic N) is 1. The molecule has 0 amide bonds. The maximum atomic E-state index is 10.5. The van der Waals surface area contributed by atoms with E-state index in [0.717, 1.165) is 31.6 Å². The van der Waals surface area contributed by atoms with Gasteiger partial charge in [0.2, 0.25) is 0 Å². The molecule has 0 heterocycles. The van der Waals surface area contributed by atoms with Gasteiger partial charge in [-0.2, -0.15) is 0 Å². The minimum Gasteiger partial charge on any atom is -0.380 e. The smallest absolute Gasteiger partial charge is 0.269 e. The van der Waals surface area contributed by atoms with Gasteiger partial charge in [-0.05, 0) is 12.0 Å². The van der Waals surface area contributed by atoms with Crippen LogP contribution in [0.3, 0.4) is 0 Å². The van der Waals surface area contributed by atoms with Crippen LogP contribution in [-0.4, -0.2) is 24.7 Å². The fourth-order valence-electron chi connectivity index (χ4n) is 1.46. The second-order valence-electron chi connectivity index (χ2n) is 4.07. The van der Waals surface area contributed by atoms with Crippen LogP contribution in [0.2, 0.25) is 0 Å². The van der Waals surface area contributed by atoms with Crippen molar-refractivity contribution in [2.45, 2.75) is 26.3 Å². The topological polar surface area (TPSA) is 64.4 Å². The molecular formula is C13H20N2O3. The van der Waals surface area contributed by atoms with Gasteiger partial charge < -0.3 is 10.1 Å². The van der Waals surface area contributed by atoms with Crippen LogP contribution < -0.4 is 5.32 Å². The van der Waals surface area contributed by atoms with Crippen molar-refractivity contribution < 1.29 is 9.66 Å². The number of benzene rings is 1. The van der Waals surface area contributed by atoms with E-state index in [1.54, 1.807) is 12.1 Å². The molecule has 5 heteroatoms. The number of nitrogens with one attached hydrogen (secondary N) is 1. The number of unbranched alkanes of at least 4 members (excludes halogenated alkanes) is 1. The zero-order chi connectivity index (χ0) is 13.2. The van der Waals surface area contributed by atoms with Crippen LogP contribution in [0, 0.1) is 10.1 Å². The van der Waals surface area contributed by atoms with E-state index >= 15 is 0 Å². The molecule has 1 aromatic rings. The third-order valence-corrected chi connectivity index (χ3v) is 2.54. The highest BCUT2D eigenvalue weighted by Gasteiger charge is 2.03. The molecule has 0 saturated carbocycles. The number of nitro groups is 1. The van der Waals surface area contributed by atoms with Crippen molar-refractivity contribution in [1.29, 1.82) is 0 Å². The van der Waals surface area contributed by atoms with E-state index in [1.807, 2.05) is 0 Å². The number of hydrogen-bond donors (Lipinski definition) is 1. The monoisotopic (exact) mass is 252 g/mol. The molecule has 0 fully saturated rings. The normalized spacial score (nSPS) is 10.5. The molecule has 1 rings (SSSR count). The Morgan fingerprint density at radius 2 is 2.00 bits per heavy atom. The van der Waals surface area contributed by atoms with Crippen LogP contribution in [0.15, 0.2) is 24.3 Å². The number of ether oxygens (including phenoxy) is 1. The van der Waals surface area contributed by atoms with Gasteiger partial charge in [-0.25, -0.2) is 0 Å².